The molecule has 0 bridgehead atoms. The Balaban J connectivity index is 2.72. The highest BCUT2D eigenvalue weighted by Crippen LogP contribution is 2.09. The van der Waals surface area contributed by atoms with E-state index in [1.54, 1.807) is 18.3 Å². The number of nitrogens with one attached hydrogen (secondary N) is 1. The molecule has 1 amide bonds. The number of aromatic nitrogens is 1. The van der Waals surface area contributed by atoms with Gasteiger partial charge < -0.3 is 10.2 Å². The third-order valence-electron chi connectivity index (χ3n) is 2.14. The molecule has 0 aromatic carbocycles. The molecule has 88 valence electrons. The van der Waals surface area contributed by atoms with Gasteiger partial charge in [0.2, 0.25) is 0 Å². The van der Waals surface area contributed by atoms with Crippen LogP contribution in [0.1, 0.15) is 24.2 Å². The summed E-state index contributed by atoms with van der Waals surface area (Å²) in [5, 5.41) is 2.88. The summed E-state index contributed by atoms with van der Waals surface area (Å²) in [7, 11) is 3.80. The number of pyridine rings is 1. The van der Waals surface area contributed by atoms with E-state index < -0.39 is 0 Å². The van der Waals surface area contributed by atoms with Crippen molar-refractivity contribution in [2.24, 2.45) is 5.92 Å². The zero-order valence-electron chi connectivity index (χ0n) is 10.3. The molecular formula is C12H19N3O. The first-order chi connectivity index (χ1) is 7.50. The van der Waals surface area contributed by atoms with E-state index in [4.69, 9.17) is 0 Å². The lowest BCUT2D eigenvalue weighted by atomic mass is 10.2. The molecule has 0 aliphatic carbocycles. The number of hydrogen-bond donors (Lipinski definition) is 1. The topological polar surface area (TPSA) is 45.2 Å². The van der Waals surface area contributed by atoms with Crippen LogP contribution in [0.25, 0.3) is 0 Å². The van der Waals surface area contributed by atoms with Crippen LogP contribution in [0.5, 0.6) is 0 Å². The molecule has 0 spiro atoms. The maximum absolute atomic E-state index is 11.8. The van der Waals surface area contributed by atoms with Crippen molar-refractivity contribution in [1.82, 2.24) is 10.3 Å². The second-order valence-corrected chi connectivity index (χ2v) is 4.40. The molecule has 4 nitrogen and oxygen atoms in total. The smallest absolute Gasteiger partial charge is 0.251 e. The minimum atomic E-state index is -0.0424. The molecule has 0 fully saturated rings. The van der Waals surface area contributed by atoms with Crippen molar-refractivity contribution in [2.75, 3.05) is 25.5 Å². The van der Waals surface area contributed by atoms with Crippen LogP contribution in [-0.4, -0.2) is 31.5 Å². The van der Waals surface area contributed by atoms with Crippen LogP contribution >= 0.6 is 0 Å². The van der Waals surface area contributed by atoms with Gasteiger partial charge >= 0.3 is 0 Å². The van der Waals surface area contributed by atoms with Gasteiger partial charge in [0.15, 0.2) is 0 Å². The van der Waals surface area contributed by atoms with Crippen molar-refractivity contribution in [3.63, 3.8) is 0 Å². The number of carbonyl (C=O) groups excluding carboxylic acids is 1. The Labute approximate surface area is 96.7 Å². The highest BCUT2D eigenvalue weighted by molar-refractivity contribution is 5.94. The van der Waals surface area contributed by atoms with Crippen LogP contribution < -0.4 is 10.2 Å². The van der Waals surface area contributed by atoms with E-state index in [0.717, 1.165) is 5.82 Å². The normalized spacial score (nSPS) is 10.3. The summed E-state index contributed by atoms with van der Waals surface area (Å²) < 4.78 is 0. The van der Waals surface area contributed by atoms with Gasteiger partial charge in [-0.05, 0) is 18.1 Å². The van der Waals surface area contributed by atoms with Gasteiger partial charge in [0.05, 0.1) is 0 Å². The van der Waals surface area contributed by atoms with Gasteiger partial charge in [-0.1, -0.05) is 13.8 Å². The highest BCUT2D eigenvalue weighted by atomic mass is 16.1. The maximum Gasteiger partial charge on any atom is 0.251 e. The zero-order chi connectivity index (χ0) is 12.1. The van der Waals surface area contributed by atoms with E-state index in [1.165, 1.54) is 0 Å². The van der Waals surface area contributed by atoms with Crippen molar-refractivity contribution in [3.05, 3.63) is 23.9 Å². The van der Waals surface area contributed by atoms with Crippen molar-refractivity contribution in [3.8, 4) is 0 Å². The fourth-order valence-electron chi connectivity index (χ4n) is 1.20. The van der Waals surface area contributed by atoms with Crippen LogP contribution in [0, 0.1) is 5.92 Å². The number of rotatable bonds is 4. The number of amides is 1. The number of hydrogen-bond acceptors (Lipinski definition) is 3. The Morgan fingerprint density at radius 2 is 2.19 bits per heavy atom. The second kappa shape index (κ2) is 5.49. The van der Waals surface area contributed by atoms with Gasteiger partial charge in [-0.15, -0.1) is 0 Å². The Morgan fingerprint density at radius 3 is 2.75 bits per heavy atom. The van der Waals surface area contributed by atoms with Crippen molar-refractivity contribution < 1.29 is 4.79 Å². The molecule has 1 heterocycles. The fraction of sp³-hybridized carbons (Fsp3) is 0.500. The van der Waals surface area contributed by atoms with Gasteiger partial charge in [-0.2, -0.15) is 0 Å². The number of nitrogens with zero attached hydrogens (tertiary/aromatic N) is 2. The molecule has 0 aliphatic heterocycles. The summed E-state index contributed by atoms with van der Waals surface area (Å²) in [6.45, 7) is 4.83. The Hall–Kier alpha value is -1.58. The molecule has 0 saturated heterocycles. The second-order valence-electron chi connectivity index (χ2n) is 4.40. The minimum absolute atomic E-state index is 0.0424. The summed E-state index contributed by atoms with van der Waals surface area (Å²) in [4.78, 5) is 17.8. The van der Waals surface area contributed by atoms with Gasteiger partial charge in [0.25, 0.3) is 5.91 Å². The van der Waals surface area contributed by atoms with E-state index >= 15 is 0 Å². The summed E-state index contributed by atoms with van der Waals surface area (Å²) in [6, 6.07) is 3.51. The molecule has 1 N–H and O–H groups in total. The third-order valence-corrected chi connectivity index (χ3v) is 2.14. The van der Waals surface area contributed by atoms with Crippen LogP contribution in [-0.2, 0) is 0 Å². The average Bonchev–Trinajstić information content (AvgIpc) is 2.26. The molecule has 1 rings (SSSR count). The summed E-state index contributed by atoms with van der Waals surface area (Å²) in [5.74, 6) is 1.20. The minimum Gasteiger partial charge on any atom is -0.363 e. The van der Waals surface area contributed by atoms with E-state index in [0.29, 0.717) is 18.0 Å². The molecule has 4 heteroatoms. The fourth-order valence-corrected chi connectivity index (χ4v) is 1.20. The molecule has 16 heavy (non-hydrogen) atoms. The molecule has 0 atom stereocenters. The number of anilines is 1. The van der Waals surface area contributed by atoms with Gasteiger partial charge in [0.1, 0.15) is 5.82 Å². The lowest BCUT2D eigenvalue weighted by molar-refractivity contribution is 0.0949. The molecule has 0 radical (unpaired) electrons. The summed E-state index contributed by atoms with van der Waals surface area (Å²) in [6.07, 6.45) is 1.65. The first-order valence-electron chi connectivity index (χ1n) is 5.42. The standard InChI is InChI=1S/C12H19N3O/c1-9(2)8-14-12(16)10-5-6-13-11(7-10)15(3)4/h5-7,9H,8H2,1-4H3,(H,14,16). The van der Waals surface area contributed by atoms with Crippen molar-refractivity contribution >= 4 is 11.7 Å². The van der Waals surface area contributed by atoms with E-state index in [9.17, 15) is 4.79 Å². The predicted octanol–water partition coefficient (Wildman–Crippen LogP) is 1.53. The van der Waals surface area contributed by atoms with Crippen LogP contribution in [0.3, 0.4) is 0 Å². The molecular weight excluding hydrogens is 202 g/mol. The zero-order valence-corrected chi connectivity index (χ0v) is 10.3. The van der Waals surface area contributed by atoms with E-state index in [1.807, 2.05) is 19.0 Å². The molecule has 0 aliphatic rings. The molecule has 1 aromatic rings. The maximum atomic E-state index is 11.8. The Bertz CT molecular complexity index is 361. The van der Waals surface area contributed by atoms with Crippen LogP contribution in [0.4, 0.5) is 5.82 Å². The first kappa shape index (κ1) is 12.5. The Morgan fingerprint density at radius 1 is 1.50 bits per heavy atom. The number of carbonyl (C=O) groups is 1. The van der Waals surface area contributed by atoms with Gasteiger partial charge in [0, 0.05) is 32.4 Å². The molecule has 0 unspecified atom stereocenters. The highest BCUT2D eigenvalue weighted by Gasteiger charge is 2.07. The van der Waals surface area contributed by atoms with Gasteiger partial charge in [-0.3, -0.25) is 4.79 Å². The van der Waals surface area contributed by atoms with Crippen LogP contribution in [0.15, 0.2) is 18.3 Å². The largest absolute Gasteiger partial charge is 0.363 e. The predicted molar refractivity (Wildman–Crippen MR) is 65.7 cm³/mol. The van der Waals surface area contributed by atoms with Gasteiger partial charge in [-0.25, -0.2) is 4.98 Å². The van der Waals surface area contributed by atoms with E-state index in [-0.39, 0.29) is 5.91 Å². The SMILES string of the molecule is CC(C)CNC(=O)c1ccnc(N(C)C)c1. The summed E-state index contributed by atoms with van der Waals surface area (Å²) in [5.41, 5.74) is 0.652. The Kier molecular flexibility index (Phi) is 4.28. The van der Waals surface area contributed by atoms with Crippen LogP contribution in [0.2, 0.25) is 0 Å². The lowest BCUT2D eigenvalue weighted by Gasteiger charge is -2.12. The van der Waals surface area contributed by atoms with Crippen molar-refractivity contribution in [2.45, 2.75) is 13.8 Å². The first-order valence-corrected chi connectivity index (χ1v) is 5.42. The summed E-state index contributed by atoms with van der Waals surface area (Å²) >= 11 is 0. The monoisotopic (exact) mass is 221 g/mol. The lowest BCUT2D eigenvalue weighted by Crippen LogP contribution is -2.27. The molecule has 0 saturated carbocycles. The van der Waals surface area contributed by atoms with E-state index in [2.05, 4.69) is 24.1 Å². The molecule has 1 aromatic heterocycles. The van der Waals surface area contributed by atoms with Crippen molar-refractivity contribution in [1.29, 1.82) is 0 Å². The average molecular weight is 221 g/mol. The third kappa shape index (κ3) is 3.53. The quantitative estimate of drug-likeness (QED) is 0.838.